The van der Waals surface area contributed by atoms with Crippen molar-refractivity contribution < 1.29 is 14.3 Å². The van der Waals surface area contributed by atoms with Gasteiger partial charge < -0.3 is 20.5 Å². The Morgan fingerprint density at radius 3 is 2.52 bits per heavy atom. The molecule has 118 valence electrons. The molecule has 0 radical (unpaired) electrons. The Kier molecular flexibility index (Phi) is 5.87. The average molecular weight is 315 g/mol. The molecule has 0 aliphatic rings. The second kappa shape index (κ2) is 7.00. The molecule has 0 heterocycles. The number of nitrogens with two attached hydrogens (primary N) is 1. The van der Waals surface area contributed by atoms with Crippen molar-refractivity contribution in [3.05, 3.63) is 22.7 Å². The van der Waals surface area contributed by atoms with Gasteiger partial charge in [0, 0.05) is 12.1 Å². The van der Waals surface area contributed by atoms with Crippen molar-refractivity contribution in [2.75, 3.05) is 7.11 Å². The van der Waals surface area contributed by atoms with Gasteiger partial charge in [-0.25, -0.2) is 0 Å². The number of amides is 1. The van der Waals surface area contributed by atoms with Gasteiger partial charge in [0.05, 0.1) is 12.1 Å². The van der Waals surface area contributed by atoms with Crippen LogP contribution in [-0.2, 0) is 11.3 Å². The molecule has 1 rings (SSSR count). The molecule has 0 aliphatic carbocycles. The van der Waals surface area contributed by atoms with Crippen LogP contribution in [0.2, 0.25) is 5.02 Å². The predicted molar refractivity (Wildman–Crippen MR) is 83.9 cm³/mol. The third-order valence-corrected chi connectivity index (χ3v) is 3.09. The van der Waals surface area contributed by atoms with Crippen molar-refractivity contribution in [2.24, 2.45) is 5.73 Å². The highest BCUT2D eigenvalue weighted by atomic mass is 35.5. The van der Waals surface area contributed by atoms with Crippen LogP contribution in [0.4, 0.5) is 0 Å². The minimum Gasteiger partial charge on any atom is -0.493 e. The lowest BCUT2D eigenvalue weighted by Crippen LogP contribution is -2.35. The Balaban J connectivity index is 2.99. The van der Waals surface area contributed by atoms with Crippen LogP contribution in [0.5, 0.6) is 11.5 Å². The van der Waals surface area contributed by atoms with Crippen LogP contribution >= 0.6 is 11.6 Å². The van der Waals surface area contributed by atoms with Gasteiger partial charge in [-0.15, -0.1) is 0 Å². The number of ether oxygens (including phenoxy) is 2. The Bertz CT molecular complexity index is 512. The molecule has 5 nitrogen and oxygen atoms in total. The number of halogens is 1. The molecule has 0 fully saturated rings. The lowest BCUT2D eigenvalue weighted by atomic mass is 10.1. The summed E-state index contributed by atoms with van der Waals surface area (Å²) in [5.41, 5.74) is 6.15. The van der Waals surface area contributed by atoms with Gasteiger partial charge in [-0.1, -0.05) is 11.6 Å². The average Bonchev–Trinajstić information content (AvgIpc) is 2.37. The number of hydrogen-bond acceptors (Lipinski definition) is 4. The predicted octanol–water partition coefficient (Wildman–Crippen LogP) is 2.49. The van der Waals surface area contributed by atoms with Gasteiger partial charge in [-0.2, -0.15) is 0 Å². The van der Waals surface area contributed by atoms with Gasteiger partial charge in [-0.3, -0.25) is 4.79 Å². The van der Waals surface area contributed by atoms with E-state index in [2.05, 4.69) is 26.1 Å². The van der Waals surface area contributed by atoms with E-state index in [1.807, 2.05) is 6.07 Å². The molecule has 0 saturated heterocycles. The zero-order chi connectivity index (χ0) is 16.2. The van der Waals surface area contributed by atoms with Crippen LogP contribution in [0.3, 0.4) is 0 Å². The molecule has 1 aromatic carbocycles. The molecule has 3 N–H and O–H groups in total. The zero-order valence-corrected chi connectivity index (χ0v) is 13.9. The summed E-state index contributed by atoms with van der Waals surface area (Å²) in [5.74, 6) is 0.234. The van der Waals surface area contributed by atoms with E-state index in [-0.39, 0.29) is 5.54 Å². The lowest BCUT2D eigenvalue weighted by molar-refractivity contribution is -0.124. The van der Waals surface area contributed by atoms with Crippen molar-refractivity contribution >= 4 is 17.5 Å². The molecule has 1 unspecified atom stereocenters. The molecule has 6 heteroatoms. The molecular formula is C15H23ClN2O3. The van der Waals surface area contributed by atoms with Crippen molar-refractivity contribution in [3.8, 4) is 11.5 Å². The second-order valence-electron chi connectivity index (χ2n) is 5.88. The van der Waals surface area contributed by atoms with E-state index < -0.39 is 12.0 Å². The van der Waals surface area contributed by atoms with Crippen LogP contribution < -0.4 is 20.5 Å². The van der Waals surface area contributed by atoms with E-state index in [1.165, 1.54) is 7.11 Å². The molecule has 0 bridgehead atoms. The summed E-state index contributed by atoms with van der Waals surface area (Å²) in [5, 5.41) is 3.75. The standard InChI is InChI=1S/C15H23ClN2O3/c1-9(14(17)19)21-13-11(16)6-10(7-12(13)20-5)8-18-15(2,3)4/h6-7,9,18H,8H2,1-5H3,(H2,17,19). The van der Waals surface area contributed by atoms with Crippen molar-refractivity contribution in [1.82, 2.24) is 5.32 Å². The van der Waals surface area contributed by atoms with Gasteiger partial charge in [0.15, 0.2) is 17.6 Å². The highest BCUT2D eigenvalue weighted by Gasteiger charge is 2.18. The Morgan fingerprint density at radius 1 is 1.43 bits per heavy atom. The molecule has 0 aromatic heterocycles. The van der Waals surface area contributed by atoms with Crippen molar-refractivity contribution in [1.29, 1.82) is 0 Å². The quantitative estimate of drug-likeness (QED) is 0.846. The first-order valence-corrected chi connectivity index (χ1v) is 7.09. The molecule has 0 saturated carbocycles. The number of nitrogens with one attached hydrogen (secondary N) is 1. The van der Waals surface area contributed by atoms with E-state index in [1.54, 1.807) is 13.0 Å². The molecule has 21 heavy (non-hydrogen) atoms. The summed E-state index contributed by atoms with van der Waals surface area (Å²) in [4.78, 5) is 11.1. The number of carbonyl (C=O) groups is 1. The SMILES string of the molecule is COc1cc(CNC(C)(C)C)cc(Cl)c1OC(C)C(N)=O. The normalized spacial score (nSPS) is 12.9. The third-order valence-electron chi connectivity index (χ3n) is 2.81. The minimum absolute atomic E-state index is 0.00460. The Hall–Kier alpha value is -1.46. The van der Waals surface area contributed by atoms with E-state index in [9.17, 15) is 4.79 Å². The van der Waals surface area contributed by atoms with Gasteiger partial charge in [0.25, 0.3) is 5.91 Å². The van der Waals surface area contributed by atoms with E-state index in [0.29, 0.717) is 23.1 Å². The van der Waals surface area contributed by atoms with Gasteiger partial charge >= 0.3 is 0 Å². The summed E-state index contributed by atoms with van der Waals surface area (Å²) in [7, 11) is 1.52. The number of hydrogen-bond donors (Lipinski definition) is 2. The molecule has 0 aliphatic heterocycles. The Labute approximate surface area is 130 Å². The molecular weight excluding hydrogens is 292 g/mol. The highest BCUT2D eigenvalue weighted by molar-refractivity contribution is 6.32. The first-order chi connectivity index (χ1) is 9.64. The first-order valence-electron chi connectivity index (χ1n) is 6.71. The van der Waals surface area contributed by atoms with E-state index in [4.69, 9.17) is 26.8 Å². The van der Waals surface area contributed by atoms with Crippen LogP contribution in [0.1, 0.15) is 33.3 Å². The molecule has 1 amide bonds. The smallest absolute Gasteiger partial charge is 0.258 e. The first kappa shape index (κ1) is 17.6. The molecule has 1 atom stereocenters. The fraction of sp³-hybridized carbons (Fsp3) is 0.533. The summed E-state index contributed by atoms with van der Waals surface area (Å²) in [6.07, 6.45) is -0.782. The maximum absolute atomic E-state index is 11.1. The summed E-state index contributed by atoms with van der Waals surface area (Å²) in [6, 6.07) is 3.61. The Morgan fingerprint density at radius 2 is 2.05 bits per heavy atom. The highest BCUT2D eigenvalue weighted by Crippen LogP contribution is 2.37. The van der Waals surface area contributed by atoms with Crippen LogP contribution in [0.15, 0.2) is 12.1 Å². The second-order valence-corrected chi connectivity index (χ2v) is 6.28. The number of carbonyl (C=O) groups excluding carboxylic acids is 1. The molecule has 1 aromatic rings. The minimum atomic E-state index is -0.782. The molecule has 0 spiro atoms. The summed E-state index contributed by atoms with van der Waals surface area (Å²) >= 11 is 6.23. The van der Waals surface area contributed by atoms with Crippen LogP contribution in [0.25, 0.3) is 0 Å². The zero-order valence-electron chi connectivity index (χ0n) is 13.1. The van der Waals surface area contributed by atoms with Crippen molar-refractivity contribution in [3.63, 3.8) is 0 Å². The third kappa shape index (κ3) is 5.44. The lowest BCUT2D eigenvalue weighted by Gasteiger charge is -2.22. The fourth-order valence-electron chi connectivity index (χ4n) is 1.59. The van der Waals surface area contributed by atoms with Crippen LogP contribution in [-0.4, -0.2) is 24.7 Å². The topological polar surface area (TPSA) is 73.6 Å². The number of primary amides is 1. The van der Waals surface area contributed by atoms with E-state index >= 15 is 0 Å². The largest absolute Gasteiger partial charge is 0.493 e. The van der Waals surface area contributed by atoms with Crippen molar-refractivity contribution in [2.45, 2.75) is 45.9 Å². The number of rotatable bonds is 6. The van der Waals surface area contributed by atoms with Crippen LogP contribution in [0, 0.1) is 0 Å². The maximum atomic E-state index is 11.1. The number of benzene rings is 1. The monoisotopic (exact) mass is 314 g/mol. The summed E-state index contributed by atoms with van der Waals surface area (Å²) in [6.45, 7) is 8.45. The summed E-state index contributed by atoms with van der Waals surface area (Å²) < 4.78 is 10.8. The fourth-order valence-corrected chi connectivity index (χ4v) is 1.87. The van der Waals surface area contributed by atoms with Gasteiger partial charge in [0.2, 0.25) is 0 Å². The van der Waals surface area contributed by atoms with E-state index in [0.717, 1.165) is 5.56 Å². The maximum Gasteiger partial charge on any atom is 0.258 e. The number of methoxy groups -OCH3 is 1. The van der Waals surface area contributed by atoms with Gasteiger partial charge in [-0.05, 0) is 45.4 Å². The van der Waals surface area contributed by atoms with Gasteiger partial charge in [0.1, 0.15) is 0 Å².